The molecule has 0 N–H and O–H groups in total. The summed E-state index contributed by atoms with van der Waals surface area (Å²) in [4.78, 5) is 17.4. The molecule has 5 nitrogen and oxygen atoms in total. The largest absolute Gasteiger partial charge is 0.493 e. The van der Waals surface area contributed by atoms with E-state index in [1.807, 2.05) is 18.2 Å². The molecule has 3 rings (SSSR count). The SMILES string of the molecule is COc1ccc(C2(N=C=O)CCCC2)cc1OC1CCCN(C)C1. The fourth-order valence-corrected chi connectivity index (χ4v) is 3.97. The Balaban J connectivity index is 1.89. The van der Waals surface area contributed by atoms with E-state index in [2.05, 4.69) is 16.9 Å². The van der Waals surface area contributed by atoms with Crippen molar-refractivity contribution in [3.63, 3.8) is 0 Å². The van der Waals surface area contributed by atoms with Gasteiger partial charge in [-0.25, -0.2) is 4.79 Å². The summed E-state index contributed by atoms with van der Waals surface area (Å²) >= 11 is 0. The molecule has 5 heteroatoms. The molecule has 0 radical (unpaired) electrons. The average Bonchev–Trinajstić information content (AvgIpc) is 3.05. The molecule has 0 amide bonds. The number of hydrogen-bond donors (Lipinski definition) is 0. The number of nitrogens with zero attached hydrogens (tertiary/aromatic N) is 2. The minimum absolute atomic E-state index is 0.169. The first-order valence-electron chi connectivity index (χ1n) is 8.79. The van der Waals surface area contributed by atoms with Gasteiger partial charge in [0.15, 0.2) is 11.5 Å². The van der Waals surface area contributed by atoms with Crippen molar-refractivity contribution in [1.82, 2.24) is 4.90 Å². The second kappa shape index (κ2) is 7.37. The second-order valence-corrected chi connectivity index (χ2v) is 6.95. The van der Waals surface area contributed by atoms with Crippen LogP contribution in [0.3, 0.4) is 0 Å². The zero-order valence-electron chi connectivity index (χ0n) is 14.6. The molecule has 1 saturated carbocycles. The first-order valence-corrected chi connectivity index (χ1v) is 8.79. The highest BCUT2D eigenvalue weighted by Crippen LogP contribution is 2.44. The van der Waals surface area contributed by atoms with E-state index in [1.165, 1.54) is 0 Å². The highest BCUT2D eigenvalue weighted by Gasteiger charge is 2.36. The van der Waals surface area contributed by atoms with Crippen molar-refractivity contribution in [3.8, 4) is 11.5 Å². The van der Waals surface area contributed by atoms with Crippen LogP contribution >= 0.6 is 0 Å². The van der Waals surface area contributed by atoms with Crippen molar-refractivity contribution in [2.45, 2.75) is 50.2 Å². The van der Waals surface area contributed by atoms with Gasteiger partial charge < -0.3 is 14.4 Å². The lowest BCUT2D eigenvalue weighted by Crippen LogP contribution is -2.38. The molecule has 0 bridgehead atoms. The number of ether oxygens (including phenoxy) is 2. The Morgan fingerprint density at radius 3 is 2.71 bits per heavy atom. The molecule has 1 unspecified atom stereocenters. The topological polar surface area (TPSA) is 51.1 Å². The summed E-state index contributed by atoms with van der Waals surface area (Å²) in [7, 11) is 3.78. The van der Waals surface area contributed by atoms with E-state index in [9.17, 15) is 4.79 Å². The molecule has 2 aliphatic rings. The van der Waals surface area contributed by atoms with Crippen molar-refractivity contribution in [1.29, 1.82) is 0 Å². The van der Waals surface area contributed by atoms with E-state index in [4.69, 9.17) is 9.47 Å². The van der Waals surface area contributed by atoms with Crippen LogP contribution in [0.15, 0.2) is 23.2 Å². The fourth-order valence-electron chi connectivity index (χ4n) is 3.97. The van der Waals surface area contributed by atoms with Crippen LogP contribution < -0.4 is 9.47 Å². The van der Waals surface area contributed by atoms with Crippen molar-refractivity contribution in [3.05, 3.63) is 23.8 Å². The van der Waals surface area contributed by atoms with Crippen LogP contribution in [0.25, 0.3) is 0 Å². The smallest absolute Gasteiger partial charge is 0.235 e. The molecule has 130 valence electrons. The molecule has 1 aromatic rings. The summed E-state index contributed by atoms with van der Waals surface area (Å²) in [5.41, 5.74) is 0.596. The molecule has 2 fully saturated rings. The molecule has 1 aliphatic carbocycles. The van der Waals surface area contributed by atoms with Crippen molar-refractivity contribution < 1.29 is 14.3 Å². The number of likely N-dealkylation sites (N-methyl/N-ethyl adjacent to an activating group) is 1. The minimum Gasteiger partial charge on any atom is -0.493 e. The summed E-state index contributed by atoms with van der Waals surface area (Å²) in [5.74, 6) is 1.48. The van der Waals surface area contributed by atoms with Crippen LogP contribution in [-0.4, -0.2) is 44.3 Å². The molecule has 1 saturated heterocycles. The number of isocyanates is 1. The summed E-state index contributed by atoms with van der Waals surface area (Å²) in [6.45, 7) is 2.04. The monoisotopic (exact) mass is 330 g/mol. The normalized spacial score (nSPS) is 23.5. The maximum atomic E-state index is 10.9. The number of aliphatic imine (C=N–C) groups is 1. The number of likely N-dealkylation sites (tertiary alicyclic amines) is 1. The quantitative estimate of drug-likeness (QED) is 0.614. The van der Waals surface area contributed by atoms with Gasteiger partial charge >= 0.3 is 0 Å². The number of hydrogen-bond acceptors (Lipinski definition) is 5. The van der Waals surface area contributed by atoms with Crippen LogP contribution in [0.1, 0.15) is 44.1 Å². The van der Waals surface area contributed by atoms with Crippen molar-refractivity contribution in [2.75, 3.05) is 27.2 Å². The Hall–Kier alpha value is -1.84. The third-order valence-electron chi connectivity index (χ3n) is 5.27. The van der Waals surface area contributed by atoms with Gasteiger partial charge in [0.2, 0.25) is 6.08 Å². The van der Waals surface area contributed by atoms with Gasteiger partial charge in [-0.3, -0.25) is 0 Å². The third-order valence-corrected chi connectivity index (χ3v) is 5.27. The summed E-state index contributed by atoms with van der Waals surface area (Å²) in [5, 5.41) is 0. The van der Waals surface area contributed by atoms with Crippen LogP contribution in [0.4, 0.5) is 0 Å². The number of benzene rings is 1. The van der Waals surface area contributed by atoms with E-state index in [0.29, 0.717) is 0 Å². The zero-order valence-corrected chi connectivity index (χ0v) is 14.6. The highest BCUT2D eigenvalue weighted by molar-refractivity contribution is 5.47. The second-order valence-electron chi connectivity index (χ2n) is 6.95. The van der Waals surface area contributed by atoms with E-state index in [0.717, 1.165) is 68.7 Å². The van der Waals surface area contributed by atoms with Gasteiger partial charge in [0.1, 0.15) is 6.10 Å². The summed E-state index contributed by atoms with van der Waals surface area (Å²) < 4.78 is 11.7. The average molecular weight is 330 g/mol. The minimum atomic E-state index is -0.435. The van der Waals surface area contributed by atoms with Crippen molar-refractivity contribution >= 4 is 6.08 Å². The lowest BCUT2D eigenvalue weighted by molar-refractivity contribution is 0.101. The van der Waals surface area contributed by atoms with Gasteiger partial charge in [0, 0.05) is 6.54 Å². The summed E-state index contributed by atoms with van der Waals surface area (Å²) in [6.07, 6.45) is 8.09. The van der Waals surface area contributed by atoms with Gasteiger partial charge in [-0.1, -0.05) is 18.9 Å². The van der Waals surface area contributed by atoms with Gasteiger partial charge in [-0.15, -0.1) is 0 Å². The highest BCUT2D eigenvalue weighted by atomic mass is 16.5. The van der Waals surface area contributed by atoms with Crippen LogP contribution in [-0.2, 0) is 10.3 Å². The molecular weight excluding hydrogens is 304 g/mol. The molecule has 0 aromatic heterocycles. The molecule has 1 aromatic carbocycles. The number of rotatable bonds is 5. The predicted molar refractivity (Wildman–Crippen MR) is 92.4 cm³/mol. The Labute approximate surface area is 143 Å². The van der Waals surface area contributed by atoms with E-state index in [1.54, 1.807) is 13.2 Å². The first-order chi connectivity index (χ1) is 11.7. The standard InChI is InChI=1S/C19H26N2O3/c1-21-11-5-6-16(13-21)24-18-12-15(7-8-17(18)23-2)19(20-14-22)9-3-4-10-19/h7-8,12,16H,3-6,9-11,13H2,1-2H3. The van der Waals surface area contributed by atoms with E-state index < -0.39 is 5.54 Å². The predicted octanol–water partition coefficient (Wildman–Crippen LogP) is 3.27. The summed E-state index contributed by atoms with van der Waals surface area (Å²) in [6, 6.07) is 5.95. The fraction of sp³-hybridized carbons (Fsp3) is 0.632. The van der Waals surface area contributed by atoms with Gasteiger partial charge in [-0.05, 0) is 57.0 Å². The van der Waals surface area contributed by atoms with Gasteiger partial charge in [0.05, 0.1) is 12.6 Å². The lowest BCUT2D eigenvalue weighted by Gasteiger charge is -2.31. The van der Waals surface area contributed by atoms with Gasteiger partial charge in [-0.2, -0.15) is 4.99 Å². The number of carbonyl (C=O) groups excluding carboxylic acids is 1. The van der Waals surface area contributed by atoms with Crippen LogP contribution in [0.2, 0.25) is 0 Å². The Morgan fingerprint density at radius 1 is 1.25 bits per heavy atom. The Bertz CT molecular complexity index is 619. The zero-order chi connectivity index (χ0) is 17.0. The number of methoxy groups -OCH3 is 1. The maximum absolute atomic E-state index is 10.9. The number of piperidine rings is 1. The van der Waals surface area contributed by atoms with Crippen LogP contribution in [0.5, 0.6) is 11.5 Å². The molecule has 24 heavy (non-hydrogen) atoms. The van der Waals surface area contributed by atoms with E-state index in [-0.39, 0.29) is 6.10 Å². The van der Waals surface area contributed by atoms with Gasteiger partial charge in [0.25, 0.3) is 0 Å². The molecule has 0 spiro atoms. The molecular formula is C19H26N2O3. The first kappa shape index (κ1) is 17.0. The van der Waals surface area contributed by atoms with E-state index >= 15 is 0 Å². The lowest BCUT2D eigenvalue weighted by atomic mass is 9.88. The van der Waals surface area contributed by atoms with Crippen molar-refractivity contribution in [2.24, 2.45) is 4.99 Å². The maximum Gasteiger partial charge on any atom is 0.235 e. The van der Waals surface area contributed by atoms with Crippen LogP contribution in [0, 0.1) is 0 Å². The Kier molecular flexibility index (Phi) is 5.22. The third kappa shape index (κ3) is 3.47. The Morgan fingerprint density at radius 2 is 2.04 bits per heavy atom. The molecule has 1 heterocycles. The molecule has 1 aliphatic heterocycles. The molecule has 1 atom stereocenters.